The molecule has 8 nitrogen and oxygen atoms in total. The Hall–Kier alpha value is -3.53. The molecular formula is C30H32O8S. The molecule has 0 amide bonds. The fourth-order valence-electron chi connectivity index (χ4n) is 4.11. The summed E-state index contributed by atoms with van der Waals surface area (Å²) >= 11 is 1.36. The van der Waals surface area contributed by atoms with Crippen LogP contribution < -0.4 is 9.47 Å². The summed E-state index contributed by atoms with van der Waals surface area (Å²) in [6, 6.07) is 23.8. The van der Waals surface area contributed by atoms with Crippen LogP contribution in [0.2, 0.25) is 0 Å². The van der Waals surface area contributed by atoms with Gasteiger partial charge < -0.3 is 28.4 Å². The van der Waals surface area contributed by atoms with Crippen molar-refractivity contribution in [1.29, 1.82) is 0 Å². The molecule has 0 bridgehead atoms. The van der Waals surface area contributed by atoms with Crippen molar-refractivity contribution in [2.75, 3.05) is 20.8 Å². The Balaban J connectivity index is 1.50. The Morgan fingerprint density at radius 2 is 1.33 bits per heavy atom. The highest BCUT2D eigenvalue weighted by Gasteiger charge is 2.49. The van der Waals surface area contributed by atoms with Crippen LogP contribution in [0.25, 0.3) is 0 Å². The Morgan fingerprint density at radius 3 is 1.90 bits per heavy atom. The van der Waals surface area contributed by atoms with Gasteiger partial charge in [0.05, 0.1) is 44.9 Å². The Labute approximate surface area is 232 Å². The molecule has 206 valence electrons. The molecule has 1 aliphatic heterocycles. The number of ether oxygens (including phenoxy) is 6. The van der Waals surface area contributed by atoms with Gasteiger partial charge in [-0.2, -0.15) is 0 Å². The molecule has 0 aliphatic carbocycles. The number of benzene rings is 3. The fraction of sp³-hybridized carbons (Fsp3) is 0.333. The number of carbonyl (C=O) groups excluding carboxylic acids is 2. The van der Waals surface area contributed by atoms with Gasteiger partial charge in [-0.25, -0.2) is 4.79 Å². The Morgan fingerprint density at radius 1 is 0.744 bits per heavy atom. The second kappa shape index (κ2) is 14.0. The molecule has 0 radical (unpaired) electrons. The van der Waals surface area contributed by atoms with Crippen LogP contribution in [0, 0.1) is 0 Å². The van der Waals surface area contributed by atoms with Crippen LogP contribution in [0.1, 0.15) is 28.4 Å². The number of thioether (sulfide) groups is 1. The topological polar surface area (TPSA) is 89.5 Å². The van der Waals surface area contributed by atoms with E-state index in [0.29, 0.717) is 18.8 Å². The minimum absolute atomic E-state index is 0.260. The molecule has 1 aliphatic rings. The van der Waals surface area contributed by atoms with Crippen LogP contribution in [-0.4, -0.2) is 55.7 Å². The van der Waals surface area contributed by atoms with Crippen LogP contribution in [-0.2, 0) is 37.0 Å². The second-order valence-electron chi connectivity index (χ2n) is 8.88. The molecule has 1 unspecified atom stereocenters. The monoisotopic (exact) mass is 552 g/mol. The molecule has 0 aromatic heterocycles. The van der Waals surface area contributed by atoms with Gasteiger partial charge >= 0.3 is 11.9 Å². The molecule has 1 fully saturated rings. The SMILES string of the molecule is COc1ccc(COC[C@H]2SC(OC(C)=O)[C@@H](OC(=O)c3ccccc3)[C@@H]2OCc2ccc(OC)cc2)cc1. The molecule has 39 heavy (non-hydrogen) atoms. The Kier molecular flexibility index (Phi) is 10.2. The first-order valence-electron chi connectivity index (χ1n) is 12.5. The summed E-state index contributed by atoms with van der Waals surface area (Å²) in [5, 5.41) is -0.264. The van der Waals surface area contributed by atoms with Gasteiger partial charge in [0, 0.05) is 6.92 Å². The third-order valence-corrected chi connectivity index (χ3v) is 7.50. The van der Waals surface area contributed by atoms with Gasteiger partial charge in [-0.1, -0.05) is 42.5 Å². The normalized spacial score (nSPS) is 20.3. The third kappa shape index (κ3) is 7.98. The summed E-state index contributed by atoms with van der Waals surface area (Å²) in [4.78, 5) is 24.9. The summed E-state index contributed by atoms with van der Waals surface area (Å²) in [6.45, 7) is 2.26. The van der Waals surface area contributed by atoms with Gasteiger partial charge in [-0.3, -0.25) is 4.79 Å². The van der Waals surface area contributed by atoms with E-state index < -0.39 is 29.6 Å². The van der Waals surface area contributed by atoms with Crippen molar-refractivity contribution in [2.45, 2.75) is 43.0 Å². The fourth-order valence-corrected chi connectivity index (χ4v) is 5.57. The maximum atomic E-state index is 13.0. The lowest BCUT2D eigenvalue weighted by Crippen LogP contribution is -2.41. The van der Waals surface area contributed by atoms with E-state index in [-0.39, 0.29) is 11.9 Å². The quantitative estimate of drug-likeness (QED) is 0.287. The minimum Gasteiger partial charge on any atom is -0.497 e. The summed E-state index contributed by atoms with van der Waals surface area (Å²) < 4.78 is 34.3. The standard InChI is InChI=1S/C30H32O8S/c1-20(31)37-30-28(38-29(32)23-7-5-4-6-8-23)27(36-18-22-11-15-25(34-3)16-12-22)26(39-30)19-35-17-21-9-13-24(33-2)14-10-21/h4-16,26-28,30H,17-19H2,1-3H3/t26-,27-,28+,30?/m1/s1. The molecular weight excluding hydrogens is 520 g/mol. The first-order valence-corrected chi connectivity index (χ1v) is 13.4. The number of hydrogen-bond donors (Lipinski definition) is 0. The molecule has 4 atom stereocenters. The van der Waals surface area contributed by atoms with E-state index in [9.17, 15) is 9.59 Å². The number of carbonyl (C=O) groups is 2. The number of hydrogen-bond acceptors (Lipinski definition) is 9. The highest BCUT2D eigenvalue weighted by Crippen LogP contribution is 2.40. The van der Waals surface area contributed by atoms with Crippen molar-refractivity contribution in [3.63, 3.8) is 0 Å². The van der Waals surface area contributed by atoms with Crippen molar-refractivity contribution < 1.29 is 38.0 Å². The maximum absolute atomic E-state index is 13.0. The first kappa shape index (κ1) is 28.5. The lowest BCUT2D eigenvalue weighted by molar-refractivity contribution is -0.150. The van der Waals surface area contributed by atoms with Gasteiger partial charge in [-0.05, 0) is 47.5 Å². The van der Waals surface area contributed by atoms with E-state index >= 15 is 0 Å². The van der Waals surface area contributed by atoms with Crippen molar-refractivity contribution in [3.05, 3.63) is 95.6 Å². The molecule has 1 heterocycles. The highest BCUT2D eigenvalue weighted by molar-refractivity contribution is 8.00. The molecule has 0 N–H and O–H groups in total. The van der Waals surface area contributed by atoms with Crippen LogP contribution in [0.4, 0.5) is 0 Å². The second-order valence-corrected chi connectivity index (χ2v) is 10.2. The van der Waals surface area contributed by atoms with E-state index in [2.05, 4.69) is 0 Å². The average molecular weight is 553 g/mol. The molecule has 3 aromatic carbocycles. The van der Waals surface area contributed by atoms with Gasteiger partial charge in [0.15, 0.2) is 11.5 Å². The predicted molar refractivity (Wildman–Crippen MR) is 147 cm³/mol. The van der Waals surface area contributed by atoms with Gasteiger partial charge in [0.1, 0.15) is 17.6 Å². The van der Waals surface area contributed by atoms with Crippen molar-refractivity contribution in [3.8, 4) is 11.5 Å². The predicted octanol–water partition coefficient (Wildman–Crippen LogP) is 5.04. The average Bonchev–Trinajstić information content (AvgIpc) is 3.27. The van der Waals surface area contributed by atoms with Crippen molar-refractivity contribution >= 4 is 23.7 Å². The lowest BCUT2D eigenvalue weighted by Gasteiger charge is -2.26. The van der Waals surface area contributed by atoms with E-state index in [1.54, 1.807) is 38.5 Å². The largest absolute Gasteiger partial charge is 0.497 e. The van der Waals surface area contributed by atoms with E-state index in [4.69, 9.17) is 28.4 Å². The molecule has 1 saturated heterocycles. The van der Waals surface area contributed by atoms with Gasteiger partial charge in [0.25, 0.3) is 0 Å². The van der Waals surface area contributed by atoms with Crippen molar-refractivity contribution in [2.24, 2.45) is 0 Å². The van der Waals surface area contributed by atoms with E-state index in [0.717, 1.165) is 22.6 Å². The molecule has 4 rings (SSSR count). The van der Waals surface area contributed by atoms with E-state index in [1.165, 1.54) is 18.7 Å². The summed E-state index contributed by atoms with van der Waals surface area (Å²) in [6.07, 6.45) is -1.43. The third-order valence-electron chi connectivity index (χ3n) is 6.11. The smallest absolute Gasteiger partial charge is 0.338 e. The first-order chi connectivity index (χ1) is 19.0. The zero-order valence-electron chi connectivity index (χ0n) is 22.1. The summed E-state index contributed by atoms with van der Waals surface area (Å²) in [5.74, 6) is 0.520. The van der Waals surface area contributed by atoms with Crippen LogP contribution in [0.5, 0.6) is 11.5 Å². The highest BCUT2D eigenvalue weighted by atomic mass is 32.2. The zero-order chi connectivity index (χ0) is 27.6. The minimum atomic E-state index is -0.834. The maximum Gasteiger partial charge on any atom is 0.338 e. The molecule has 0 saturated carbocycles. The van der Waals surface area contributed by atoms with Crippen LogP contribution >= 0.6 is 11.8 Å². The van der Waals surface area contributed by atoms with Crippen LogP contribution in [0.3, 0.4) is 0 Å². The van der Waals surface area contributed by atoms with E-state index in [1.807, 2.05) is 54.6 Å². The molecule has 3 aromatic rings. The lowest BCUT2D eigenvalue weighted by atomic mass is 10.1. The summed E-state index contributed by atoms with van der Waals surface area (Å²) in [5.41, 5.74) is 1.56. The number of rotatable bonds is 12. The van der Waals surface area contributed by atoms with Crippen molar-refractivity contribution in [1.82, 2.24) is 0 Å². The number of esters is 2. The Bertz CT molecular complexity index is 1200. The van der Waals surface area contributed by atoms with Gasteiger partial charge in [-0.15, -0.1) is 11.8 Å². The summed E-state index contributed by atoms with van der Waals surface area (Å²) in [7, 11) is 3.23. The zero-order valence-corrected chi connectivity index (χ0v) is 22.9. The van der Waals surface area contributed by atoms with Gasteiger partial charge in [0.2, 0.25) is 0 Å². The van der Waals surface area contributed by atoms with Crippen LogP contribution in [0.15, 0.2) is 78.9 Å². The molecule has 0 spiro atoms. The number of methoxy groups -OCH3 is 2. The molecule has 9 heteroatoms.